The first-order chi connectivity index (χ1) is 4.61. The number of hydrogen-bond acceptors (Lipinski definition) is 3. The molecule has 3 nitrogen and oxygen atoms in total. The van der Waals surface area contributed by atoms with Crippen molar-refractivity contribution in [2.75, 3.05) is 7.05 Å². The number of nitrogens with zero attached hydrogens (tertiary/aromatic N) is 1. The van der Waals surface area contributed by atoms with Crippen LogP contribution in [0.2, 0.25) is 0 Å². The van der Waals surface area contributed by atoms with Crippen molar-refractivity contribution in [2.24, 2.45) is 5.73 Å². The van der Waals surface area contributed by atoms with Crippen LogP contribution in [0.4, 0.5) is 0 Å². The standard InChI is InChI=1S/C5H7BrClN3/c1-10-5(8)3(6)2-4(7)9-10/h2,9H,8H2,1H3. The minimum Gasteiger partial charge on any atom is -0.383 e. The minimum atomic E-state index is 0.545. The Morgan fingerprint density at radius 3 is 2.90 bits per heavy atom. The normalized spacial score (nSPS) is 18.7. The van der Waals surface area contributed by atoms with Gasteiger partial charge in [0, 0.05) is 7.05 Å². The van der Waals surface area contributed by atoms with Crippen LogP contribution in [0.15, 0.2) is 21.5 Å². The summed E-state index contributed by atoms with van der Waals surface area (Å²) >= 11 is 8.91. The van der Waals surface area contributed by atoms with Gasteiger partial charge in [0.05, 0.1) is 4.48 Å². The fourth-order valence-electron chi connectivity index (χ4n) is 0.598. The second kappa shape index (κ2) is 2.72. The number of hydrogen-bond donors (Lipinski definition) is 2. The van der Waals surface area contributed by atoms with Crippen molar-refractivity contribution >= 4 is 27.5 Å². The average molecular weight is 224 g/mol. The van der Waals surface area contributed by atoms with Crippen molar-refractivity contribution in [3.8, 4) is 0 Å². The molecule has 1 aliphatic heterocycles. The monoisotopic (exact) mass is 223 g/mol. The molecule has 0 atom stereocenters. The molecule has 0 aromatic rings. The fraction of sp³-hybridized carbons (Fsp3) is 0.200. The smallest absolute Gasteiger partial charge is 0.132 e. The first-order valence-corrected chi connectivity index (χ1v) is 3.81. The molecule has 5 heteroatoms. The van der Waals surface area contributed by atoms with Crippen molar-refractivity contribution in [1.29, 1.82) is 0 Å². The molecule has 0 aromatic heterocycles. The van der Waals surface area contributed by atoms with Gasteiger partial charge in [-0.2, -0.15) is 0 Å². The maximum Gasteiger partial charge on any atom is 0.132 e. The zero-order valence-electron chi connectivity index (χ0n) is 5.36. The molecule has 3 N–H and O–H groups in total. The first kappa shape index (κ1) is 7.75. The summed E-state index contributed by atoms with van der Waals surface area (Å²) in [6, 6.07) is 0. The number of nitrogens with one attached hydrogen (secondary N) is 1. The van der Waals surface area contributed by atoms with Gasteiger partial charge in [-0.3, -0.25) is 10.4 Å². The molecule has 0 radical (unpaired) electrons. The summed E-state index contributed by atoms with van der Waals surface area (Å²) in [7, 11) is 1.78. The van der Waals surface area contributed by atoms with Crippen LogP contribution in [0.5, 0.6) is 0 Å². The lowest BCUT2D eigenvalue weighted by Crippen LogP contribution is -2.37. The molecule has 0 saturated heterocycles. The van der Waals surface area contributed by atoms with Gasteiger partial charge in [-0.25, -0.2) is 0 Å². The Kier molecular flexibility index (Phi) is 2.11. The predicted molar refractivity (Wildman–Crippen MR) is 45.0 cm³/mol. The maximum absolute atomic E-state index is 5.66. The molecule has 0 fully saturated rings. The highest BCUT2D eigenvalue weighted by Crippen LogP contribution is 2.19. The maximum atomic E-state index is 5.66. The Balaban J connectivity index is 2.92. The third-order valence-corrected chi connectivity index (χ3v) is 1.96. The van der Waals surface area contributed by atoms with Gasteiger partial charge in [0.1, 0.15) is 11.0 Å². The number of nitrogens with two attached hydrogens (primary N) is 1. The van der Waals surface area contributed by atoms with Crippen molar-refractivity contribution < 1.29 is 0 Å². The summed E-state index contributed by atoms with van der Waals surface area (Å²) in [6.07, 6.45) is 1.71. The zero-order chi connectivity index (χ0) is 7.72. The lowest BCUT2D eigenvalue weighted by Gasteiger charge is -2.24. The third-order valence-electron chi connectivity index (χ3n) is 1.13. The molecular formula is C5H7BrClN3. The quantitative estimate of drug-likeness (QED) is 0.604. The predicted octanol–water partition coefficient (Wildman–Crippen LogP) is 1.04. The molecule has 56 valence electrons. The van der Waals surface area contributed by atoms with E-state index in [9.17, 15) is 0 Å². The molecule has 1 heterocycles. The topological polar surface area (TPSA) is 41.3 Å². The number of hydrazine groups is 1. The van der Waals surface area contributed by atoms with Gasteiger partial charge < -0.3 is 5.73 Å². The molecule has 0 unspecified atom stereocenters. The highest BCUT2D eigenvalue weighted by Gasteiger charge is 2.10. The molecule has 0 bridgehead atoms. The van der Waals surface area contributed by atoms with E-state index in [2.05, 4.69) is 21.4 Å². The summed E-state index contributed by atoms with van der Waals surface area (Å²) in [5, 5.41) is 2.18. The van der Waals surface area contributed by atoms with E-state index >= 15 is 0 Å². The van der Waals surface area contributed by atoms with Crippen molar-refractivity contribution in [3.63, 3.8) is 0 Å². The molecule has 0 saturated carbocycles. The van der Waals surface area contributed by atoms with Crippen LogP contribution < -0.4 is 11.2 Å². The molecule has 0 aromatic carbocycles. The Bertz CT molecular complexity index is 211. The molecule has 0 amide bonds. The average Bonchev–Trinajstić information content (AvgIpc) is 1.82. The van der Waals surface area contributed by atoms with Gasteiger partial charge in [0.25, 0.3) is 0 Å². The van der Waals surface area contributed by atoms with E-state index in [1.54, 1.807) is 18.1 Å². The fourth-order valence-corrected chi connectivity index (χ4v) is 1.46. The largest absolute Gasteiger partial charge is 0.383 e. The second-order valence-electron chi connectivity index (χ2n) is 1.90. The van der Waals surface area contributed by atoms with E-state index in [-0.39, 0.29) is 0 Å². The third kappa shape index (κ3) is 1.38. The number of halogens is 2. The van der Waals surface area contributed by atoms with Crippen LogP contribution in [0.1, 0.15) is 0 Å². The Hall–Kier alpha value is -0.350. The van der Waals surface area contributed by atoms with E-state index in [1.165, 1.54) is 0 Å². The summed E-state index contributed by atoms with van der Waals surface area (Å²) in [5.74, 6) is 0.615. The lowest BCUT2D eigenvalue weighted by molar-refractivity contribution is 0.337. The van der Waals surface area contributed by atoms with Gasteiger partial charge in [-0.15, -0.1) is 0 Å². The van der Waals surface area contributed by atoms with Gasteiger partial charge in [0.15, 0.2) is 0 Å². The van der Waals surface area contributed by atoms with Crippen molar-refractivity contribution in [1.82, 2.24) is 10.4 Å². The van der Waals surface area contributed by atoms with Crippen LogP contribution in [0, 0.1) is 0 Å². The summed E-state index contributed by atoms with van der Waals surface area (Å²) < 4.78 is 0.791. The van der Waals surface area contributed by atoms with Crippen LogP contribution >= 0.6 is 27.5 Å². The molecule has 0 aliphatic carbocycles. The van der Waals surface area contributed by atoms with E-state index in [0.29, 0.717) is 11.0 Å². The summed E-state index contributed by atoms with van der Waals surface area (Å²) in [4.78, 5) is 0. The van der Waals surface area contributed by atoms with Crippen LogP contribution in [-0.2, 0) is 0 Å². The number of allylic oxidation sites excluding steroid dienone is 2. The van der Waals surface area contributed by atoms with E-state index in [4.69, 9.17) is 17.3 Å². The summed E-state index contributed by atoms with van der Waals surface area (Å²) in [6.45, 7) is 0. The van der Waals surface area contributed by atoms with E-state index in [0.717, 1.165) is 4.48 Å². The molecule has 1 rings (SSSR count). The van der Waals surface area contributed by atoms with Crippen molar-refractivity contribution in [3.05, 3.63) is 21.5 Å². The van der Waals surface area contributed by atoms with Crippen LogP contribution in [0.3, 0.4) is 0 Å². The Labute approximate surface area is 72.6 Å². The molecule has 10 heavy (non-hydrogen) atoms. The van der Waals surface area contributed by atoms with E-state index in [1.807, 2.05) is 0 Å². The van der Waals surface area contributed by atoms with Gasteiger partial charge in [0.2, 0.25) is 0 Å². The molecule has 0 spiro atoms. The van der Waals surface area contributed by atoms with Gasteiger partial charge in [-0.1, -0.05) is 11.6 Å². The highest BCUT2D eigenvalue weighted by molar-refractivity contribution is 9.11. The first-order valence-electron chi connectivity index (χ1n) is 2.64. The highest BCUT2D eigenvalue weighted by atomic mass is 79.9. The van der Waals surface area contributed by atoms with E-state index < -0.39 is 0 Å². The number of rotatable bonds is 0. The second-order valence-corrected chi connectivity index (χ2v) is 3.16. The Morgan fingerprint density at radius 1 is 1.80 bits per heavy atom. The van der Waals surface area contributed by atoms with Crippen LogP contribution in [-0.4, -0.2) is 12.1 Å². The summed E-state index contributed by atoms with van der Waals surface area (Å²) in [5.41, 5.74) is 8.38. The zero-order valence-corrected chi connectivity index (χ0v) is 7.70. The van der Waals surface area contributed by atoms with Crippen molar-refractivity contribution in [2.45, 2.75) is 0 Å². The lowest BCUT2D eigenvalue weighted by atomic mass is 10.5. The molecular weight excluding hydrogens is 217 g/mol. The van der Waals surface area contributed by atoms with Gasteiger partial charge in [-0.05, 0) is 22.0 Å². The SMILES string of the molecule is CN1NC(Cl)=CC(Br)=C1N. The Morgan fingerprint density at radius 2 is 2.40 bits per heavy atom. The van der Waals surface area contributed by atoms with Gasteiger partial charge >= 0.3 is 0 Å². The molecule has 1 aliphatic rings. The minimum absolute atomic E-state index is 0.545. The van der Waals surface area contributed by atoms with Crippen LogP contribution in [0.25, 0.3) is 0 Å².